The average molecular weight is 518 g/mol. The Labute approximate surface area is 217 Å². The maximum absolute atomic E-state index is 14.1. The second kappa shape index (κ2) is 12.0. The van der Waals surface area contributed by atoms with E-state index in [0.29, 0.717) is 68.3 Å². The molecule has 0 spiro atoms. The van der Waals surface area contributed by atoms with Gasteiger partial charge in [-0.15, -0.1) is 0 Å². The monoisotopic (exact) mass is 517 g/mol. The summed E-state index contributed by atoms with van der Waals surface area (Å²) in [5.41, 5.74) is 6.64. The van der Waals surface area contributed by atoms with E-state index in [0.717, 1.165) is 25.0 Å². The highest BCUT2D eigenvalue weighted by atomic mass is 19.1. The molecule has 2 fully saturated rings. The largest absolute Gasteiger partial charge is 0.490 e. The van der Waals surface area contributed by atoms with Gasteiger partial charge in [0, 0.05) is 32.2 Å². The minimum absolute atomic E-state index is 0.0321. The Balaban J connectivity index is 1.23. The highest BCUT2D eigenvalue weighted by Crippen LogP contribution is 2.28. The van der Waals surface area contributed by atoms with Crippen LogP contribution in [0.15, 0.2) is 30.6 Å². The Morgan fingerprint density at radius 3 is 2.51 bits per heavy atom. The lowest BCUT2D eigenvalue weighted by molar-refractivity contribution is 0.0577. The molecule has 1 aromatic carbocycles. The first kappa shape index (κ1) is 27.0. The quantitative estimate of drug-likeness (QED) is 0.565. The number of nitrogens with two attached hydrogens (primary N) is 1. The van der Waals surface area contributed by atoms with Crippen molar-refractivity contribution in [3.63, 3.8) is 0 Å². The van der Waals surface area contributed by atoms with Gasteiger partial charge in [0.05, 0.1) is 25.1 Å². The van der Waals surface area contributed by atoms with E-state index < -0.39 is 11.6 Å². The van der Waals surface area contributed by atoms with Gasteiger partial charge in [0.25, 0.3) is 0 Å². The molecular formula is C27H37F2N5O3. The molecule has 0 bridgehead atoms. The van der Waals surface area contributed by atoms with Crippen LogP contribution in [0.4, 0.5) is 19.5 Å². The number of halogens is 2. The van der Waals surface area contributed by atoms with Crippen LogP contribution in [-0.2, 0) is 11.2 Å². The Morgan fingerprint density at radius 2 is 1.84 bits per heavy atom. The molecule has 202 valence electrons. The minimum Gasteiger partial charge on any atom is -0.490 e. The number of benzene rings is 1. The van der Waals surface area contributed by atoms with Gasteiger partial charge in [-0.2, -0.15) is 0 Å². The molecule has 3 heterocycles. The molecule has 1 aromatic heterocycles. The molecule has 0 aliphatic carbocycles. The molecule has 2 aromatic rings. The molecule has 3 unspecified atom stereocenters. The summed E-state index contributed by atoms with van der Waals surface area (Å²) >= 11 is 0. The molecule has 8 nitrogen and oxygen atoms in total. The number of hydrogen-bond donors (Lipinski definition) is 1. The molecule has 3 atom stereocenters. The molecule has 2 aliphatic rings. The van der Waals surface area contributed by atoms with Crippen LogP contribution in [-0.4, -0.2) is 65.9 Å². The van der Waals surface area contributed by atoms with Crippen LogP contribution >= 0.6 is 0 Å². The predicted molar refractivity (Wildman–Crippen MR) is 136 cm³/mol. The van der Waals surface area contributed by atoms with E-state index >= 15 is 0 Å². The van der Waals surface area contributed by atoms with Crippen LogP contribution in [0.2, 0.25) is 0 Å². The summed E-state index contributed by atoms with van der Waals surface area (Å²) in [4.78, 5) is 24.7. The number of nitrogens with zero attached hydrogens (tertiary/aromatic N) is 4. The fourth-order valence-corrected chi connectivity index (χ4v) is 5.10. The van der Waals surface area contributed by atoms with E-state index in [1.165, 1.54) is 6.07 Å². The zero-order valence-electron chi connectivity index (χ0n) is 21.8. The molecule has 2 saturated heterocycles. The predicted octanol–water partition coefficient (Wildman–Crippen LogP) is 4.03. The van der Waals surface area contributed by atoms with E-state index in [1.54, 1.807) is 17.3 Å². The van der Waals surface area contributed by atoms with Gasteiger partial charge in [-0.1, -0.05) is 6.92 Å². The van der Waals surface area contributed by atoms with Crippen molar-refractivity contribution < 1.29 is 23.0 Å². The van der Waals surface area contributed by atoms with Crippen LogP contribution in [0.25, 0.3) is 0 Å². The summed E-state index contributed by atoms with van der Waals surface area (Å²) in [6.07, 6.45) is 5.17. The van der Waals surface area contributed by atoms with Crippen molar-refractivity contribution in [3.8, 4) is 5.75 Å². The highest BCUT2D eigenvalue weighted by Gasteiger charge is 2.32. The van der Waals surface area contributed by atoms with Gasteiger partial charge >= 0.3 is 6.09 Å². The lowest BCUT2D eigenvalue weighted by Crippen LogP contribution is -2.41. The van der Waals surface area contributed by atoms with Crippen molar-refractivity contribution in [1.29, 1.82) is 0 Å². The number of likely N-dealkylation sites (tertiary alicyclic amines) is 1. The third kappa shape index (κ3) is 7.06. The summed E-state index contributed by atoms with van der Waals surface area (Å²) < 4.78 is 38.9. The van der Waals surface area contributed by atoms with Crippen molar-refractivity contribution in [3.05, 3.63) is 47.8 Å². The number of ether oxygens (including phenoxy) is 2. The van der Waals surface area contributed by atoms with Crippen molar-refractivity contribution in [1.82, 2.24) is 14.9 Å². The lowest BCUT2D eigenvalue weighted by atomic mass is 9.86. The van der Waals surface area contributed by atoms with Crippen molar-refractivity contribution >= 4 is 12.0 Å². The van der Waals surface area contributed by atoms with Gasteiger partial charge in [0.1, 0.15) is 11.6 Å². The van der Waals surface area contributed by atoms with E-state index in [9.17, 15) is 13.6 Å². The van der Waals surface area contributed by atoms with Gasteiger partial charge in [-0.25, -0.2) is 23.5 Å². The molecular weight excluding hydrogens is 480 g/mol. The average Bonchev–Trinajstić information content (AvgIpc) is 3.24. The van der Waals surface area contributed by atoms with Crippen LogP contribution in [0.5, 0.6) is 5.75 Å². The fourth-order valence-electron chi connectivity index (χ4n) is 5.10. The van der Waals surface area contributed by atoms with Crippen molar-refractivity contribution in [2.75, 3.05) is 37.7 Å². The third-order valence-corrected chi connectivity index (χ3v) is 7.33. The molecule has 2 aliphatic heterocycles. The summed E-state index contributed by atoms with van der Waals surface area (Å²) in [6.45, 7) is 8.92. The third-order valence-electron chi connectivity index (χ3n) is 7.33. The number of carbonyl (C=O) groups is 1. The molecule has 10 heteroatoms. The van der Waals surface area contributed by atoms with E-state index in [2.05, 4.69) is 16.9 Å². The number of aromatic nitrogens is 2. The van der Waals surface area contributed by atoms with Crippen LogP contribution in [0.3, 0.4) is 0 Å². The summed E-state index contributed by atoms with van der Waals surface area (Å²) in [5, 5.41) is 0. The van der Waals surface area contributed by atoms with E-state index in [-0.39, 0.29) is 24.2 Å². The smallest absolute Gasteiger partial charge is 0.410 e. The fraction of sp³-hybridized carbons (Fsp3) is 0.593. The standard InChI is InChI=1S/C27H37F2N5O3/c1-17(2)37-27(35)33-8-6-19(7-9-33)18(3)16-36-23-12-31-26(32-13-23)34-14-21(25(30)15-34)10-20-11-22(28)4-5-24(20)29/h4-5,11-13,17-19,21,25H,6-10,14-16,30H2,1-3H3. The topological polar surface area (TPSA) is 93.8 Å². The molecule has 2 N–H and O–H groups in total. The van der Waals surface area contributed by atoms with Crippen molar-refractivity contribution in [2.45, 2.75) is 52.2 Å². The second-order valence-electron chi connectivity index (χ2n) is 10.5. The molecule has 4 rings (SSSR count). The van der Waals surface area contributed by atoms with Crippen molar-refractivity contribution in [2.24, 2.45) is 23.5 Å². The van der Waals surface area contributed by atoms with E-state index in [1.807, 2.05) is 18.7 Å². The zero-order valence-corrected chi connectivity index (χ0v) is 21.8. The number of hydrogen-bond acceptors (Lipinski definition) is 7. The Morgan fingerprint density at radius 1 is 1.14 bits per heavy atom. The lowest BCUT2D eigenvalue weighted by Gasteiger charge is -2.34. The van der Waals surface area contributed by atoms with Gasteiger partial charge in [0.15, 0.2) is 5.75 Å². The normalized spacial score (nSPS) is 21.4. The first-order chi connectivity index (χ1) is 17.7. The number of rotatable bonds is 8. The van der Waals surface area contributed by atoms with E-state index in [4.69, 9.17) is 15.2 Å². The maximum atomic E-state index is 14.1. The van der Waals surface area contributed by atoms with Crippen LogP contribution < -0.4 is 15.4 Å². The number of anilines is 1. The minimum atomic E-state index is -0.454. The maximum Gasteiger partial charge on any atom is 0.410 e. The first-order valence-corrected chi connectivity index (χ1v) is 13.0. The summed E-state index contributed by atoms with van der Waals surface area (Å²) in [5.74, 6) is 1.02. The SMILES string of the molecule is CC(C)OC(=O)N1CCC(C(C)COc2cnc(N3CC(N)C(Cc4cc(F)ccc4F)C3)nc2)CC1. The van der Waals surface area contributed by atoms with Gasteiger partial charge in [0.2, 0.25) is 5.95 Å². The van der Waals surface area contributed by atoms with Crippen LogP contribution in [0.1, 0.15) is 39.2 Å². The van der Waals surface area contributed by atoms with Gasteiger partial charge in [-0.3, -0.25) is 0 Å². The second-order valence-corrected chi connectivity index (χ2v) is 10.5. The number of carbonyl (C=O) groups excluding carboxylic acids is 1. The Bertz CT molecular complexity index is 1050. The van der Waals surface area contributed by atoms with Gasteiger partial charge < -0.3 is 25.0 Å². The number of piperidine rings is 1. The molecule has 1 amide bonds. The Kier molecular flexibility index (Phi) is 8.79. The van der Waals surface area contributed by atoms with Gasteiger partial charge in [-0.05, 0) is 74.6 Å². The highest BCUT2D eigenvalue weighted by molar-refractivity contribution is 5.67. The zero-order chi connectivity index (χ0) is 26.5. The van der Waals surface area contributed by atoms with Crippen LogP contribution in [0, 0.1) is 29.4 Å². The molecule has 37 heavy (non-hydrogen) atoms. The molecule has 0 saturated carbocycles. The molecule has 0 radical (unpaired) electrons. The Hall–Kier alpha value is -3.01. The number of amides is 1. The summed E-state index contributed by atoms with van der Waals surface area (Å²) in [7, 11) is 0. The first-order valence-electron chi connectivity index (χ1n) is 13.0. The summed E-state index contributed by atoms with van der Waals surface area (Å²) in [6, 6.07) is 3.31.